The SMILES string of the molecule is Cc1cc2c(cc1O)C=C1CCC(=O)C(C)(C)C1CC2. The molecule has 1 N–H and O–H groups in total. The lowest BCUT2D eigenvalue weighted by Gasteiger charge is -2.38. The van der Waals surface area contributed by atoms with Crippen LogP contribution in [-0.2, 0) is 11.2 Å². The topological polar surface area (TPSA) is 37.3 Å². The molecular formula is C18H22O2. The van der Waals surface area contributed by atoms with Gasteiger partial charge in [0.2, 0.25) is 0 Å². The Labute approximate surface area is 120 Å². The maximum Gasteiger partial charge on any atom is 0.139 e. The lowest BCUT2D eigenvalue weighted by atomic mass is 9.64. The number of hydrogen-bond acceptors (Lipinski definition) is 2. The molecule has 2 heteroatoms. The molecule has 0 saturated heterocycles. The predicted molar refractivity (Wildman–Crippen MR) is 80.7 cm³/mol. The monoisotopic (exact) mass is 270 g/mol. The number of aryl methyl sites for hydroxylation is 2. The molecule has 20 heavy (non-hydrogen) atoms. The quantitative estimate of drug-likeness (QED) is 0.772. The minimum atomic E-state index is -0.247. The lowest BCUT2D eigenvalue weighted by Crippen LogP contribution is -2.38. The number of hydrogen-bond donors (Lipinski definition) is 1. The van der Waals surface area contributed by atoms with Crippen molar-refractivity contribution in [2.24, 2.45) is 11.3 Å². The van der Waals surface area contributed by atoms with E-state index in [-0.39, 0.29) is 5.41 Å². The van der Waals surface area contributed by atoms with Gasteiger partial charge in [-0.1, -0.05) is 31.6 Å². The number of aromatic hydroxyl groups is 1. The van der Waals surface area contributed by atoms with Crippen molar-refractivity contribution in [3.8, 4) is 5.75 Å². The van der Waals surface area contributed by atoms with Crippen LogP contribution in [0.4, 0.5) is 0 Å². The first-order valence-corrected chi connectivity index (χ1v) is 7.46. The van der Waals surface area contributed by atoms with E-state index in [9.17, 15) is 9.90 Å². The zero-order chi connectivity index (χ0) is 14.5. The first-order chi connectivity index (χ1) is 9.39. The van der Waals surface area contributed by atoms with Gasteiger partial charge >= 0.3 is 0 Å². The van der Waals surface area contributed by atoms with E-state index in [1.165, 1.54) is 11.1 Å². The molecule has 0 aromatic heterocycles. The molecule has 1 fully saturated rings. The first-order valence-electron chi connectivity index (χ1n) is 7.46. The molecule has 1 saturated carbocycles. The van der Waals surface area contributed by atoms with Gasteiger partial charge in [0, 0.05) is 11.8 Å². The van der Waals surface area contributed by atoms with E-state index < -0.39 is 0 Å². The average molecular weight is 270 g/mol. The second-order valence-corrected chi connectivity index (χ2v) is 6.79. The fourth-order valence-electron chi connectivity index (χ4n) is 3.75. The van der Waals surface area contributed by atoms with Crippen LogP contribution in [0.25, 0.3) is 6.08 Å². The summed E-state index contributed by atoms with van der Waals surface area (Å²) in [6.45, 7) is 6.12. The molecule has 0 radical (unpaired) electrons. The Morgan fingerprint density at radius 1 is 1.20 bits per heavy atom. The van der Waals surface area contributed by atoms with Crippen molar-refractivity contribution in [2.45, 2.75) is 46.5 Å². The maximum atomic E-state index is 12.2. The van der Waals surface area contributed by atoms with Gasteiger partial charge in [0.25, 0.3) is 0 Å². The van der Waals surface area contributed by atoms with Gasteiger partial charge in [0.15, 0.2) is 0 Å². The van der Waals surface area contributed by atoms with Crippen molar-refractivity contribution < 1.29 is 9.90 Å². The normalized spacial score (nSPS) is 24.4. The summed E-state index contributed by atoms with van der Waals surface area (Å²) in [5.74, 6) is 1.11. The number of phenols is 1. The number of benzene rings is 1. The van der Waals surface area contributed by atoms with E-state index >= 15 is 0 Å². The molecule has 0 heterocycles. The molecule has 3 rings (SSSR count). The average Bonchev–Trinajstić information content (AvgIpc) is 2.55. The van der Waals surface area contributed by atoms with Gasteiger partial charge in [-0.15, -0.1) is 0 Å². The second kappa shape index (κ2) is 4.47. The first kappa shape index (κ1) is 13.4. The minimum Gasteiger partial charge on any atom is -0.508 e. The molecule has 0 spiro atoms. The molecule has 1 aromatic rings. The lowest BCUT2D eigenvalue weighted by molar-refractivity contribution is -0.130. The van der Waals surface area contributed by atoms with E-state index in [0.717, 1.165) is 30.4 Å². The number of carbonyl (C=O) groups excluding carboxylic acids is 1. The van der Waals surface area contributed by atoms with Gasteiger partial charge in [-0.3, -0.25) is 4.79 Å². The van der Waals surface area contributed by atoms with E-state index in [0.29, 0.717) is 23.9 Å². The summed E-state index contributed by atoms with van der Waals surface area (Å²) in [5.41, 5.74) is 4.50. The summed E-state index contributed by atoms with van der Waals surface area (Å²) in [5, 5.41) is 9.92. The van der Waals surface area contributed by atoms with Crippen molar-refractivity contribution in [1.29, 1.82) is 0 Å². The summed E-state index contributed by atoms with van der Waals surface area (Å²) in [4.78, 5) is 12.2. The van der Waals surface area contributed by atoms with E-state index in [1.54, 1.807) is 0 Å². The maximum absolute atomic E-state index is 12.2. The van der Waals surface area contributed by atoms with E-state index in [1.807, 2.05) is 13.0 Å². The van der Waals surface area contributed by atoms with Crippen LogP contribution in [-0.4, -0.2) is 10.9 Å². The molecule has 2 nitrogen and oxygen atoms in total. The third-order valence-corrected chi connectivity index (χ3v) is 5.18. The van der Waals surface area contributed by atoms with Gasteiger partial charge in [-0.05, 0) is 54.9 Å². The highest BCUT2D eigenvalue weighted by Crippen LogP contribution is 2.46. The van der Waals surface area contributed by atoms with Crippen molar-refractivity contribution in [2.75, 3.05) is 0 Å². The summed E-state index contributed by atoms with van der Waals surface area (Å²) < 4.78 is 0. The summed E-state index contributed by atoms with van der Waals surface area (Å²) in [7, 11) is 0. The molecular weight excluding hydrogens is 248 g/mol. The van der Waals surface area contributed by atoms with Gasteiger partial charge in [-0.25, -0.2) is 0 Å². The third-order valence-electron chi connectivity index (χ3n) is 5.18. The molecule has 106 valence electrons. The molecule has 0 aliphatic heterocycles. The number of rotatable bonds is 0. The van der Waals surface area contributed by atoms with Crippen LogP contribution < -0.4 is 0 Å². The highest BCUT2D eigenvalue weighted by molar-refractivity contribution is 5.87. The number of fused-ring (bicyclic) bond motifs is 2. The smallest absolute Gasteiger partial charge is 0.139 e. The Balaban J connectivity index is 2.07. The zero-order valence-electron chi connectivity index (χ0n) is 12.5. The van der Waals surface area contributed by atoms with Crippen LogP contribution in [0, 0.1) is 18.3 Å². The Hall–Kier alpha value is -1.57. The fourth-order valence-corrected chi connectivity index (χ4v) is 3.75. The molecule has 1 aromatic carbocycles. The molecule has 1 unspecified atom stereocenters. The Morgan fingerprint density at radius 2 is 1.95 bits per heavy atom. The van der Waals surface area contributed by atoms with E-state index in [2.05, 4.69) is 26.0 Å². The van der Waals surface area contributed by atoms with Gasteiger partial charge in [-0.2, -0.15) is 0 Å². The third kappa shape index (κ3) is 1.98. The van der Waals surface area contributed by atoms with Crippen molar-refractivity contribution in [1.82, 2.24) is 0 Å². The van der Waals surface area contributed by atoms with Crippen LogP contribution in [0.15, 0.2) is 17.7 Å². The summed E-state index contributed by atoms with van der Waals surface area (Å²) in [6.07, 6.45) is 5.77. The van der Waals surface area contributed by atoms with Crippen LogP contribution in [0.2, 0.25) is 0 Å². The highest BCUT2D eigenvalue weighted by atomic mass is 16.3. The molecule has 1 atom stereocenters. The zero-order valence-corrected chi connectivity index (χ0v) is 12.5. The summed E-state index contributed by atoms with van der Waals surface area (Å²) >= 11 is 0. The molecule has 2 aliphatic carbocycles. The van der Waals surface area contributed by atoms with E-state index in [4.69, 9.17) is 0 Å². The van der Waals surface area contributed by atoms with Crippen LogP contribution in [0.1, 0.15) is 49.8 Å². The van der Waals surface area contributed by atoms with Gasteiger partial charge in [0.05, 0.1) is 0 Å². The number of carbonyl (C=O) groups is 1. The van der Waals surface area contributed by atoms with Crippen molar-refractivity contribution in [3.63, 3.8) is 0 Å². The predicted octanol–water partition coefficient (Wildman–Crippen LogP) is 4.04. The molecule has 0 amide bonds. The number of Topliss-reactive ketones (excluding diaryl/α,β-unsaturated/α-hetero) is 1. The largest absolute Gasteiger partial charge is 0.508 e. The van der Waals surface area contributed by atoms with Crippen molar-refractivity contribution >= 4 is 11.9 Å². The Bertz CT molecular complexity index is 608. The van der Waals surface area contributed by atoms with Crippen molar-refractivity contribution in [3.05, 3.63) is 34.4 Å². The van der Waals surface area contributed by atoms with Crippen LogP contribution in [0.5, 0.6) is 5.75 Å². The molecule has 2 aliphatic rings. The number of phenolic OH excluding ortho intramolecular Hbond substituents is 1. The minimum absolute atomic E-state index is 0.247. The van der Waals surface area contributed by atoms with Crippen LogP contribution >= 0.6 is 0 Å². The number of ketones is 1. The Kier molecular flexibility index (Phi) is 3.00. The van der Waals surface area contributed by atoms with Gasteiger partial charge in [0.1, 0.15) is 11.5 Å². The fraction of sp³-hybridized carbons (Fsp3) is 0.500. The number of allylic oxidation sites excluding steroid dienone is 1. The standard InChI is InChI=1S/C18H22O2/c1-11-8-12-4-6-15-13(9-14(12)10-16(11)19)5-7-17(20)18(15,2)3/h8-10,15,19H,4-7H2,1-3H3. The Morgan fingerprint density at radius 3 is 2.70 bits per heavy atom. The molecule has 0 bridgehead atoms. The highest BCUT2D eigenvalue weighted by Gasteiger charge is 2.42. The second-order valence-electron chi connectivity index (χ2n) is 6.79. The van der Waals surface area contributed by atoms with Crippen LogP contribution in [0.3, 0.4) is 0 Å². The summed E-state index contributed by atoms with van der Waals surface area (Å²) in [6, 6.07) is 3.97. The van der Waals surface area contributed by atoms with Gasteiger partial charge < -0.3 is 5.11 Å².